The molecule has 1 aliphatic carbocycles. The Labute approximate surface area is 122 Å². The number of sulfonamides is 1. The quantitative estimate of drug-likeness (QED) is 0.660. The zero-order chi connectivity index (χ0) is 15.5. The number of hydrogen-bond donors (Lipinski definition) is 3. The van der Waals surface area contributed by atoms with Gasteiger partial charge in [-0.25, -0.2) is 17.9 Å². The van der Waals surface area contributed by atoms with Gasteiger partial charge in [0.1, 0.15) is 0 Å². The number of nitrogens with one attached hydrogen (secondary N) is 2. The van der Waals surface area contributed by atoms with Crippen LogP contribution in [0.25, 0.3) is 0 Å². The summed E-state index contributed by atoms with van der Waals surface area (Å²) in [4.78, 5) is 22.1. The largest absolute Gasteiger partial charge is 0.478 e. The van der Waals surface area contributed by atoms with Crippen molar-refractivity contribution in [3.8, 4) is 0 Å². The third-order valence-electron chi connectivity index (χ3n) is 2.95. The van der Waals surface area contributed by atoms with Crippen molar-refractivity contribution in [3.63, 3.8) is 0 Å². The van der Waals surface area contributed by atoms with Gasteiger partial charge < -0.3 is 10.4 Å². The Balaban J connectivity index is 1.87. The van der Waals surface area contributed by atoms with E-state index in [-0.39, 0.29) is 29.8 Å². The van der Waals surface area contributed by atoms with Crippen LogP contribution in [0.1, 0.15) is 28.8 Å². The van der Waals surface area contributed by atoms with E-state index >= 15 is 0 Å². The van der Waals surface area contributed by atoms with Crippen LogP contribution in [0.4, 0.5) is 0 Å². The van der Waals surface area contributed by atoms with Gasteiger partial charge in [-0.05, 0) is 30.5 Å². The van der Waals surface area contributed by atoms with Gasteiger partial charge in [-0.3, -0.25) is 4.79 Å². The lowest BCUT2D eigenvalue weighted by Crippen LogP contribution is -2.38. The molecule has 2 rings (SSSR count). The lowest BCUT2D eigenvalue weighted by atomic mass is 10.1. The average Bonchev–Trinajstić information content (AvgIpc) is 3.21. The van der Waals surface area contributed by atoms with Crippen molar-refractivity contribution in [1.82, 2.24) is 10.0 Å². The minimum Gasteiger partial charge on any atom is -0.478 e. The van der Waals surface area contributed by atoms with Crippen LogP contribution in [0.2, 0.25) is 0 Å². The summed E-state index contributed by atoms with van der Waals surface area (Å²) in [6, 6.07) is 5.74. The first kappa shape index (κ1) is 15.5. The van der Waals surface area contributed by atoms with Crippen molar-refractivity contribution >= 4 is 21.9 Å². The summed E-state index contributed by atoms with van der Waals surface area (Å²) in [5.74, 6) is -1.72. The topological polar surface area (TPSA) is 113 Å². The first-order valence-corrected chi connectivity index (χ1v) is 8.10. The molecule has 0 unspecified atom stereocenters. The molecular weight excluding hydrogens is 296 g/mol. The van der Waals surface area contributed by atoms with E-state index < -0.39 is 16.0 Å². The number of carbonyl (C=O) groups excluding carboxylic acids is 1. The number of carboxylic acid groups (broad SMARTS) is 1. The average molecular weight is 312 g/mol. The van der Waals surface area contributed by atoms with Gasteiger partial charge in [0.2, 0.25) is 15.9 Å². The van der Waals surface area contributed by atoms with Crippen LogP contribution in [0.5, 0.6) is 0 Å². The molecule has 0 aliphatic heterocycles. The van der Waals surface area contributed by atoms with Crippen LogP contribution >= 0.6 is 0 Å². The summed E-state index contributed by atoms with van der Waals surface area (Å²) in [6.07, 6.45) is 1.88. The Morgan fingerprint density at radius 2 is 1.81 bits per heavy atom. The number of rotatable bonds is 7. The first-order valence-electron chi connectivity index (χ1n) is 6.45. The maximum atomic E-state index is 11.8. The number of hydrogen-bond acceptors (Lipinski definition) is 4. The van der Waals surface area contributed by atoms with Crippen LogP contribution in [0.15, 0.2) is 24.3 Å². The van der Waals surface area contributed by atoms with Crippen LogP contribution in [0, 0.1) is 0 Å². The molecule has 1 aliphatic rings. The molecule has 0 saturated heterocycles. The van der Waals surface area contributed by atoms with E-state index in [2.05, 4.69) is 10.0 Å². The van der Waals surface area contributed by atoms with E-state index in [0.717, 1.165) is 12.8 Å². The van der Waals surface area contributed by atoms with Gasteiger partial charge in [0.15, 0.2) is 0 Å². The Bertz CT molecular complexity index is 635. The minimum atomic E-state index is -3.64. The van der Waals surface area contributed by atoms with E-state index in [9.17, 15) is 18.0 Å². The molecule has 0 atom stereocenters. The molecule has 1 fully saturated rings. The van der Waals surface area contributed by atoms with Crippen molar-refractivity contribution in [2.24, 2.45) is 0 Å². The maximum Gasteiger partial charge on any atom is 0.335 e. The molecule has 7 nitrogen and oxygen atoms in total. The fourth-order valence-corrected chi connectivity index (χ4v) is 2.78. The molecule has 8 heteroatoms. The van der Waals surface area contributed by atoms with Crippen molar-refractivity contribution in [1.29, 1.82) is 0 Å². The highest BCUT2D eigenvalue weighted by Crippen LogP contribution is 2.18. The molecule has 0 bridgehead atoms. The van der Waals surface area contributed by atoms with E-state index in [1.807, 2.05) is 0 Å². The molecule has 1 aromatic rings. The van der Waals surface area contributed by atoms with Crippen LogP contribution < -0.4 is 10.0 Å². The Hall–Kier alpha value is -1.93. The predicted molar refractivity (Wildman–Crippen MR) is 75.2 cm³/mol. The summed E-state index contributed by atoms with van der Waals surface area (Å²) in [6.45, 7) is -0.286. The third-order valence-corrected chi connectivity index (χ3v) is 4.25. The van der Waals surface area contributed by atoms with Gasteiger partial charge in [0, 0.05) is 6.04 Å². The molecule has 0 aromatic heterocycles. The first-order chi connectivity index (χ1) is 9.85. The van der Waals surface area contributed by atoms with Gasteiger partial charge in [0.25, 0.3) is 0 Å². The number of amides is 1. The molecule has 1 amide bonds. The second kappa shape index (κ2) is 6.23. The standard InChI is InChI=1S/C13H16N2O5S/c16-12(15-11-5-6-11)7-14-21(19,20)8-9-1-3-10(4-2-9)13(17)18/h1-4,11,14H,5-8H2,(H,15,16)(H,17,18). The second-order valence-electron chi connectivity index (χ2n) is 4.92. The molecule has 3 N–H and O–H groups in total. The number of carboxylic acids is 1. The van der Waals surface area contributed by atoms with Gasteiger partial charge in [-0.2, -0.15) is 0 Å². The summed E-state index contributed by atoms with van der Waals surface area (Å²) in [5, 5.41) is 11.4. The Morgan fingerprint density at radius 1 is 1.19 bits per heavy atom. The zero-order valence-corrected chi connectivity index (χ0v) is 12.0. The number of carbonyl (C=O) groups is 2. The molecule has 21 heavy (non-hydrogen) atoms. The molecule has 114 valence electrons. The van der Waals surface area contributed by atoms with Gasteiger partial charge in [-0.1, -0.05) is 12.1 Å². The summed E-state index contributed by atoms with van der Waals surface area (Å²) in [5.41, 5.74) is 0.544. The van der Waals surface area contributed by atoms with Crippen LogP contribution in [-0.4, -0.2) is 38.0 Å². The summed E-state index contributed by atoms with van der Waals surface area (Å²) >= 11 is 0. The highest BCUT2D eigenvalue weighted by molar-refractivity contribution is 7.88. The van der Waals surface area contributed by atoms with Gasteiger partial charge in [-0.15, -0.1) is 0 Å². The van der Waals surface area contributed by atoms with Crippen molar-refractivity contribution in [3.05, 3.63) is 35.4 Å². The van der Waals surface area contributed by atoms with Crippen molar-refractivity contribution in [2.45, 2.75) is 24.6 Å². The Kier molecular flexibility index (Phi) is 4.59. The Morgan fingerprint density at radius 3 is 2.33 bits per heavy atom. The van der Waals surface area contributed by atoms with E-state index in [1.54, 1.807) is 0 Å². The van der Waals surface area contributed by atoms with Crippen molar-refractivity contribution < 1.29 is 23.1 Å². The van der Waals surface area contributed by atoms with E-state index in [1.165, 1.54) is 24.3 Å². The van der Waals surface area contributed by atoms with E-state index in [4.69, 9.17) is 5.11 Å². The fourth-order valence-electron chi connectivity index (χ4n) is 1.70. The lowest BCUT2D eigenvalue weighted by molar-refractivity contribution is -0.120. The molecule has 0 radical (unpaired) electrons. The second-order valence-corrected chi connectivity index (χ2v) is 6.73. The molecular formula is C13H16N2O5S. The molecule has 1 saturated carbocycles. The fraction of sp³-hybridized carbons (Fsp3) is 0.385. The van der Waals surface area contributed by atoms with Crippen LogP contribution in [-0.2, 0) is 20.6 Å². The normalized spacial score (nSPS) is 14.7. The summed E-state index contributed by atoms with van der Waals surface area (Å²) in [7, 11) is -3.64. The third kappa shape index (κ3) is 5.16. The van der Waals surface area contributed by atoms with Crippen molar-refractivity contribution in [2.75, 3.05) is 6.54 Å². The van der Waals surface area contributed by atoms with Gasteiger partial charge in [0.05, 0.1) is 17.9 Å². The highest BCUT2D eigenvalue weighted by atomic mass is 32.2. The maximum absolute atomic E-state index is 11.8. The summed E-state index contributed by atoms with van der Waals surface area (Å²) < 4.78 is 25.9. The van der Waals surface area contributed by atoms with E-state index in [0.29, 0.717) is 5.56 Å². The number of aromatic carboxylic acids is 1. The predicted octanol–water partition coefficient (Wildman–Crippen LogP) is 0.0828. The number of benzene rings is 1. The lowest BCUT2D eigenvalue weighted by Gasteiger charge is -2.07. The smallest absolute Gasteiger partial charge is 0.335 e. The zero-order valence-electron chi connectivity index (χ0n) is 11.2. The SMILES string of the molecule is O=C(CNS(=O)(=O)Cc1ccc(C(=O)O)cc1)NC1CC1. The molecule has 1 aromatic carbocycles. The van der Waals surface area contributed by atoms with Crippen LogP contribution in [0.3, 0.4) is 0 Å². The highest BCUT2D eigenvalue weighted by Gasteiger charge is 2.23. The van der Waals surface area contributed by atoms with Gasteiger partial charge >= 0.3 is 5.97 Å². The molecule has 0 spiro atoms. The molecule has 0 heterocycles. The minimum absolute atomic E-state index is 0.0907. The monoisotopic (exact) mass is 312 g/mol.